The van der Waals surface area contributed by atoms with E-state index in [1.807, 2.05) is 0 Å². The number of halogens is 4. The molecular weight excluding hydrogens is 398 g/mol. The molecular formula is C14H8Br2F2O2. The molecule has 2 rings (SSSR count). The lowest BCUT2D eigenvalue weighted by Crippen LogP contribution is -2.03. The predicted molar refractivity (Wildman–Crippen MR) is 78.4 cm³/mol. The van der Waals surface area contributed by atoms with Crippen LogP contribution in [-0.4, -0.2) is 10.9 Å². The molecule has 0 saturated carbocycles. The average Bonchev–Trinajstić information content (AvgIpc) is 2.37. The van der Waals surface area contributed by atoms with Crippen LogP contribution in [0, 0.1) is 5.82 Å². The maximum atomic E-state index is 13.1. The minimum atomic E-state index is -1.33. The van der Waals surface area contributed by atoms with Crippen molar-refractivity contribution in [2.24, 2.45) is 0 Å². The molecule has 2 aromatic carbocycles. The monoisotopic (exact) mass is 404 g/mol. The summed E-state index contributed by atoms with van der Waals surface area (Å²) in [6, 6.07) is 7.52. The van der Waals surface area contributed by atoms with E-state index in [0.717, 1.165) is 12.1 Å². The van der Waals surface area contributed by atoms with E-state index in [4.69, 9.17) is 0 Å². The summed E-state index contributed by atoms with van der Waals surface area (Å²) in [7, 11) is 0. The summed E-state index contributed by atoms with van der Waals surface area (Å²) in [5.41, 5.74) is 0.594. The second kappa shape index (κ2) is 6.01. The highest BCUT2D eigenvalue weighted by Gasteiger charge is 2.18. The van der Waals surface area contributed by atoms with E-state index >= 15 is 0 Å². The Kier molecular flexibility index (Phi) is 4.55. The summed E-state index contributed by atoms with van der Waals surface area (Å²) in [5, 5.41) is 8.28. The van der Waals surface area contributed by atoms with Crippen molar-refractivity contribution < 1.29 is 18.7 Å². The van der Waals surface area contributed by atoms with Gasteiger partial charge in [0, 0.05) is 16.1 Å². The molecule has 0 aliphatic heterocycles. The maximum Gasteiger partial charge on any atom is 0.197 e. The van der Waals surface area contributed by atoms with Crippen LogP contribution < -0.4 is 0 Å². The molecule has 2 aromatic rings. The Labute approximate surface area is 130 Å². The smallest absolute Gasteiger partial charge is 0.197 e. The van der Waals surface area contributed by atoms with Gasteiger partial charge in [0.1, 0.15) is 11.6 Å². The molecule has 0 aromatic heterocycles. The number of ketones is 1. The van der Waals surface area contributed by atoms with E-state index in [9.17, 15) is 18.7 Å². The summed E-state index contributed by atoms with van der Waals surface area (Å²) in [6.07, 6.45) is 0. The van der Waals surface area contributed by atoms with Crippen molar-refractivity contribution in [3.63, 3.8) is 0 Å². The van der Waals surface area contributed by atoms with Gasteiger partial charge in [-0.15, -0.1) is 0 Å². The molecule has 6 heteroatoms. The molecule has 1 N–H and O–H groups in total. The van der Waals surface area contributed by atoms with Gasteiger partial charge in [-0.1, -0.05) is 22.0 Å². The summed E-state index contributed by atoms with van der Waals surface area (Å²) in [4.78, 5) is 12.3. The first kappa shape index (κ1) is 15.1. The predicted octanol–water partition coefficient (Wildman–Crippen LogP) is 4.89. The van der Waals surface area contributed by atoms with Gasteiger partial charge in [0.25, 0.3) is 0 Å². The van der Waals surface area contributed by atoms with Crippen molar-refractivity contribution in [3.8, 4) is 5.75 Å². The summed E-state index contributed by atoms with van der Waals surface area (Å²) >= 11 is 5.98. The third-order valence-electron chi connectivity index (χ3n) is 2.69. The van der Waals surface area contributed by atoms with Crippen LogP contribution in [0.3, 0.4) is 0 Å². The maximum absolute atomic E-state index is 13.1. The quantitative estimate of drug-likeness (QED) is 0.583. The third kappa shape index (κ3) is 3.07. The number of rotatable bonds is 3. The number of benzene rings is 2. The summed E-state index contributed by atoms with van der Waals surface area (Å²) < 4.78 is 26.4. The Balaban J connectivity index is 2.43. The molecule has 0 aliphatic rings. The Bertz CT molecular complexity index is 672. The lowest BCUT2D eigenvalue weighted by atomic mass is 10.0. The minimum absolute atomic E-state index is 0.0181. The van der Waals surface area contributed by atoms with Gasteiger partial charge in [-0.05, 0) is 45.8 Å². The fraction of sp³-hybridized carbons (Fsp3) is 0.0714. The molecule has 0 heterocycles. The highest BCUT2D eigenvalue weighted by Crippen LogP contribution is 2.30. The van der Waals surface area contributed by atoms with E-state index in [0.29, 0.717) is 10.0 Å². The first-order chi connectivity index (χ1) is 9.40. The first-order valence-electron chi connectivity index (χ1n) is 5.51. The summed E-state index contributed by atoms with van der Waals surface area (Å²) in [5.74, 6) is -1.55. The normalized spacial score (nSPS) is 12.2. The molecule has 0 amide bonds. The van der Waals surface area contributed by atoms with Gasteiger partial charge in [-0.25, -0.2) is 8.78 Å². The SMILES string of the molecule is O=C(c1ccc(F)cc1O)c1ccc(C(F)Br)cc1Br. The van der Waals surface area contributed by atoms with Crippen molar-refractivity contribution in [2.75, 3.05) is 0 Å². The standard InChI is InChI=1S/C14H8Br2F2O2/c15-11-5-7(14(16)18)1-3-9(11)13(20)10-4-2-8(17)6-12(10)19/h1-6,14,19H. The van der Waals surface area contributed by atoms with Crippen molar-refractivity contribution in [1.29, 1.82) is 0 Å². The molecule has 0 aliphatic carbocycles. The Morgan fingerprint density at radius 2 is 1.80 bits per heavy atom. The zero-order valence-electron chi connectivity index (χ0n) is 9.91. The van der Waals surface area contributed by atoms with E-state index in [1.165, 1.54) is 24.3 Å². The van der Waals surface area contributed by atoms with Gasteiger partial charge in [0.05, 0.1) is 5.56 Å². The lowest BCUT2D eigenvalue weighted by Gasteiger charge is -2.08. The largest absolute Gasteiger partial charge is 0.507 e. The highest BCUT2D eigenvalue weighted by atomic mass is 79.9. The van der Waals surface area contributed by atoms with Crippen LogP contribution in [-0.2, 0) is 0 Å². The molecule has 104 valence electrons. The van der Waals surface area contributed by atoms with E-state index in [1.54, 1.807) is 0 Å². The van der Waals surface area contributed by atoms with Gasteiger partial charge in [-0.2, -0.15) is 0 Å². The third-order valence-corrected chi connectivity index (χ3v) is 3.88. The van der Waals surface area contributed by atoms with Crippen LogP contribution in [0.4, 0.5) is 8.78 Å². The van der Waals surface area contributed by atoms with Crippen LogP contribution in [0.1, 0.15) is 26.6 Å². The minimum Gasteiger partial charge on any atom is -0.507 e. The second-order valence-corrected chi connectivity index (χ2v) is 5.69. The molecule has 0 bridgehead atoms. The van der Waals surface area contributed by atoms with Crippen LogP contribution in [0.2, 0.25) is 0 Å². The number of alkyl halides is 2. The molecule has 1 unspecified atom stereocenters. The first-order valence-corrected chi connectivity index (χ1v) is 7.22. The van der Waals surface area contributed by atoms with Crippen molar-refractivity contribution in [2.45, 2.75) is 5.08 Å². The van der Waals surface area contributed by atoms with E-state index in [2.05, 4.69) is 31.9 Å². The van der Waals surface area contributed by atoms with Crippen LogP contribution in [0.25, 0.3) is 0 Å². The fourth-order valence-electron chi connectivity index (χ4n) is 1.69. The number of carbonyl (C=O) groups is 1. The van der Waals surface area contributed by atoms with Crippen LogP contribution >= 0.6 is 31.9 Å². The second-order valence-electron chi connectivity index (χ2n) is 4.03. The molecule has 0 saturated heterocycles. The zero-order chi connectivity index (χ0) is 14.9. The Hall–Kier alpha value is -1.27. The number of hydrogen-bond donors (Lipinski definition) is 1. The van der Waals surface area contributed by atoms with Gasteiger partial charge in [0.2, 0.25) is 0 Å². The molecule has 0 spiro atoms. The molecule has 0 fully saturated rings. The number of aromatic hydroxyl groups is 1. The van der Waals surface area contributed by atoms with Crippen LogP contribution in [0.5, 0.6) is 5.75 Å². The van der Waals surface area contributed by atoms with Gasteiger partial charge in [0.15, 0.2) is 10.9 Å². The highest BCUT2D eigenvalue weighted by molar-refractivity contribution is 9.10. The molecule has 2 nitrogen and oxygen atoms in total. The number of hydrogen-bond acceptors (Lipinski definition) is 2. The van der Waals surface area contributed by atoms with Gasteiger partial charge >= 0.3 is 0 Å². The van der Waals surface area contributed by atoms with Gasteiger partial charge in [-0.3, -0.25) is 4.79 Å². The number of phenolic OH excluding ortho intramolecular Hbond substituents is 1. The summed E-state index contributed by atoms with van der Waals surface area (Å²) in [6.45, 7) is 0. The van der Waals surface area contributed by atoms with Crippen molar-refractivity contribution >= 4 is 37.6 Å². The molecule has 1 atom stereocenters. The lowest BCUT2D eigenvalue weighted by molar-refractivity contribution is 0.103. The topological polar surface area (TPSA) is 37.3 Å². The van der Waals surface area contributed by atoms with Crippen LogP contribution in [0.15, 0.2) is 40.9 Å². The zero-order valence-corrected chi connectivity index (χ0v) is 13.1. The number of carbonyl (C=O) groups excluding carboxylic acids is 1. The Morgan fingerprint density at radius 3 is 2.35 bits per heavy atom. The van der Waals surface area contributed by atoms with E-state index in [-0.39, 0.29) is 11.1 Å². The molecule has 0 radical (unpaired) electrons. The fourth-order valence-corrected chi connectivity index (χ4v) is 2.55. The number of phenols is 1. The van der Waals surface area contributed by atoms with Gasteiger partial charge < -0.3 is 5.11 Å². The Morgan fingerprint density at radius 1 is 1.15 bits per heavy atom. The van der Waals surface area contributed by atoms with Crippen molar-refractivity contribution in [1.82, 2.24) is 0 Å². The van der Waals surface area contributed by atoms with E-state index < -0.39 is 22.4 Å². The average molecular weight is 406 g/mol. The molecule has 20 heavy (non-hydrogen) atoms. The van der Waals surface area contributed by atoms with Crippen molar-refractivity contribution in [3.05, 3.63) is 63.4 Å².